The normalized spacial score (nSPS) is 9.89. The first-order valence-electron chi connectivity index (χ1n) is 6.22. The minimum atomic E-state index is -0.347. The highest BCUT2D eigenvalue weighted by atomic mass is 16.6. The van der Waals surface area contributed by atoms with Crippen LogP contribution in [0.15, 0.2) is 30.9 Å². The van der Waals surface area contributed by atoms with Gasteiger partial charge in [0, 0.05) is 6.92 Å². The van der Waals surface area contributed by atoms with Crippen molar-refractivity contribution in [3.63, 3.8) is 0 Å². The number of hydrogen-bond donors (Lipinski definition) is 0. The fourth-order valence-corrected chi connectivity index (χ4v) is 1.59. The Morgan fingerprint density at radius 2 is 2.17 bits per heavy atom. The molecule has 0 saturated heterocycles. The number of esters is 1. The lowest BCUT2D eigenvalue weighted by molar-refractivity contribution is -0.132. The van der Waals surface area contributed by atoms with E-state index in [-0.39, 0.29) is 5.97 Å². The summed E-state index contributed by atoms with van der Waals surface area (Å²) in [5, 5.41) is 0. The predicted molar refractivity (Wildman–Crippen MR) is 72.1 cm³/mol. The smallest absolute Gasteiger partial charge is 0.308 e. The van der Waals surface area contributed by atoms with E-state index in [0.717, 1.165) is 19.3 Å². The number of carbonyl (C=O) groups is 1. The summed E-state index contributed by atoms with van der Waals surface area (Å²) >= 11 is 0. The number of benzene rings is 1. The van der Waals surface area contributed by atoms with Crippen LogP contribution in [0.1, 0.15) is 32.3 Å². The van der Waals surface area contributed by atoms with Gasteiger partial charge in [-0.25, -0.2) is 0 Å². The van der Waals surface area contributed by atoms with Gasteiger partial charge in [0.2, 0.25) is 0 Å². The summed E-state index contributed by atoms with van der Waals surface area (Å²) in [5.41, 5.74) is 1.19. The van der Waals surface area contributed by atoms with Crippen molar-refractivity contribution >= 4 is 5.97 Å². The van der Waals surface area contributed by atoms with Gasteiger partial charge in [-0.1, -0.05) is 32.1 Å². The first kappa shape index (κ1) is 14.3. The molecular weight excluding hydrogens is 228 g/mol. The van der Waals surface area contributed by atoms with Crippen LogP contribution in [-0.2, 0) is 11.2 Å². The highest BCUT2D eigenvalue weighted by molar-refractivity contribution is 5.70. The van der Waals surface area contributed by atoms with E-state index in [9.17, 15) is 4.79 Å². The van der Waals surface area contributed by atoms with Crippen LogP contribution in [0.25, 0.3) is 0 Å². The zero-order valence-corrected chi connectivity index (χ0v) is 11.1. The molecule has 0 spiro atoms. The minimum Gasteiger partial charge on any atom is -0.486 e. The Bertz CT molecular complexity index is 410. The molecule has 0 bridgehead atoms. The van der Waals surface area contributed by atoms with Crippen LogP contribution in [0.2, 0.25) is 0 Å². The zero-order chi connectivity index (χ0) is 13.4. The molecule has 0 aliphatic heterocycles. The van der Waals surface area contributed by atoms with Crippen molar-refractivity contribution in [2.45, 2.75) is 33.1 Å². The minimum absolute atomic E-state index is 0.347. The average molecular weight is 248 g/mol. The maximum atomic E-state index is 11.0. The molecule has 98 valence electrons. The Labute approximate surface area is 108 Å². The Morgan fingerprint density at radius 1 is 1.39 bits per heavy atom. The van der Waals surface area contributed by atoms with E-state index in [4.69, 9.17) is 9.47 Å². The van der Waals surface area contributed by atoms with Crippen molar-refractivity contribution in [2.75, 3.05) is 6.61 Å². The van der Waals surface area contributed by atoms with E-state index in [1.165, 1.54) is 12.5 Å². The van der Waals surface area contributed by atoms with Gasteiger partial charge in [-0.15, -0.1) is 0 Å². The molecule has 0 fully saturated rings. The Morgan fingerprint density at radius 3 is 2.78 bits per heavy atom. The van der Waals surface area contributed by atoms with Gasteiger partial charge in [0.15, 0.2) is 11.5 Å². The van der Waals surface area contributed by atoms with Crippen molar-refractivity contribution in [2.24, 2.45) is 0 Å². The maximum absolute atomic E-state index is 11.0. The molecule has 1 aromatic rings. The van der Waals surface area contributed by atoms with Gasteiger partial charge in [0.1, 0.15) is 6.61 Å². The van der Waals surface area contributed by atoms with Crippen LogP contribution >= 0.6 is 0 Å². The van der Waals surface area contributed by atoms with E-state index in [1.807, 2.05) is 12.1 Å². The molecule has 1 aromatic carbocycles. The predicted octanol–water partition coefficient (Wildman–Crippen LogP) is 3.52. The summed E-state index contributed by atoms with van der Waals surface area (Å²) in [5.74, 6) is 0.711. The second kappa shape index (κ2) is 7.54. The van der Waals surface area contributed by atoms with Crippen molar-refractivity contribution in [1.82, 2.24) is 0 Å². The summed E-state index contributed by atoms with van der Waals surface area (Å²) < 4.78 is 10.6. The lowest BCUT2D eigenvalue weighted by atomic mass is 10.1. The van der Waals surface area contributed by atoms with E-state index in [2.05, 4.69) is 13.5 Å². The summed E-state index contributed by atoms with van der Waals surface area (Å²) in [7, 11) is 0. The molecule has 1 rings (SSSR count). The highest BCUT2D eigenvalue weighted by Gasteiger charge is 2.08. The zero-order valence-electron chi connectivity index (χ0n) is 11.1. The number of rotatable bonds is 7. The largest absolute Gasteiger partial charge is 0.486 e. The SMILES string of the molecule is C=CCOc1cc(CCCC)ccc1OC(C)=O. The molecule has 0 amide bonds. The van der Waals surface area contributed by atoms with Gasteiger partial charge >= 0.3 is 5.97 Å². The van der Waals surface area contributed by atoms with Gasteiger partial charge in [0.05, 0.1) is 0 Å². The van der Waals surface area contributed by atoms with Gasteiger partial charge in [-0.3, -0.25) is 4.79 Å². The first-order valence-corrected chi connectivity index (χ1v) is 6.22. The standard InChI is InChI=1S/C15H20O3/c1-4-6-7-13-8-9-14(18-12(3)16)15(11-13)17-10-5-2/h5,8-9,11H,2,4,6-7,10H2,1,3H3. The third-order valence-electron chi connectivity index (χ3n) is 2.44. The monoisotopic (exact) mass is 248 g/mol. The Balaban J connectivity index is 2.88. The third kappa shape index (κ3) is 4.62. The molecule has 0 saturated carbocycles. The summed E-state index contributed by atoms with van der Waals surface area (Å²) in [4.78, 5) is 11.0. The van der Waals surface area contributed by atoms with Crippen LogP contribution in [0, 0.1) is 0 Å². The molecule has 0 aliphatic carbocycles. The molecule has 0 unspecified atom stereocenters. The molecule has 0 N–H and O–H groups in total. The van der Waals surface area contributed by atoms with Crippen LogP contribution in [-0.4, -0.2) is 12.6 Å². The summed E-state index contributed by atoms with van der Waals surface area (Å²) in [6.45, 7) is 7.53. The van der Waals surface area contributed by atoms with Gasteiger partial charge in [-0.2, -0.15) is 0 Å². The fourth-order valence-electron chi connectivity index (χ4n) is 1.59. The average Bonchev–Trinajstić information content (AvgIpc) is 2.35. The molecule has 0 radical (unpaired) electrons. The van der Waals surface area contributed by atoms with Gasteiger partial charge in [0.25, 0.3) is 0 Å². The van der Waals surface area contributed by atoms with Crippen LogP contribution in [0.4, 0.5) is 0 Å². The topological polar surface area (TPSA) is 35.5 Å². The van der Waals surface area contributed by atoms with Gasteiger partial charge < -0.3 is 9.47 Å². The van der Waals surface area contributed by atoms with Crippen LogP contribution < -0.4 is 9.47 Å². The molecule has 0 atom stereocenters. The molecule has 18 heavy (non-hydrogen) atoms. The highest BCUT2D eigenvalue weighted by Crippen LogP contribution is 2.29. The van der Waals surface area contributed by atoms with Crippen molar-refractivity contribution in [3.8, 4) is 11.5 Å². The summed E-state index contributed by atoms with van der Waals surface area (Å²) in [6.07, 6.45) is 4.94. The quantitative estimate of drug-likeness (QED) is 0.421. The van der Waals surface area contributed by atoms with E-state index in [1.54, 1.807) is 12.1 Å². The lowest BCUT2D eigenvalue weighted by Gasteiger charge is -2.11. The van der Waals surface area contributed by atoms with Crippen molar-refractivity contribution < 1.29 is 14.3 Å². The van der Waals surface area contributed by atoms with Gasteiger partial charge in [-0.05, 0) is 30.5 Å². The van der Waals surface area contributed by atoms with E-state index in [0.29, 0.717) is 18.1 Å². The molecule has 0 aromatic heterocycles. The lowest BCUT2D eigenvalue weighted by Crippen LogP contribution is -2.04. The molecular formula is C15H20O3. The number of aryl methyl sites for hydroxylation is 1. The van der Waals surface area contributed by atoms with Crippen LogP contribution in [0.3, 0.4) is 0 Å². The number of ether oxygens (including phenoxy) is 2. The number of hydrogen-bond acceptors (Lipinski definition) is 3. The molecule has 0 heterocycles. The van der Waals surface area contributed by atoms with E-state index >= 15 is 0 Å². The molecule has 0 aliphatic rings. The molecule has 3 heteroatoms. The van der Waals surface area contributed by atoms with Crippen molar-refractivity contribution in [3.05, 3.63) is 36.4 Å². The first-order chi connectivity index (χ1) is 8.67. The Hall–Kier alpha value is -1.77. The van der Waals surface area contributed by atoms with Crippen molar-refractivity contribution in [1.29, 1.82) is 0 Å². The molecule has 3 nitrogen and oxygen atoms in total. The number of carbonyl (C=O) groups excluding carboxylic acids is 1. The second-order valence-electron chi connectivity index (χ2n) is 4.08. The second-order valence-corrected chi connectivity index (χ2v) is 4.08. The van der Waals surface area contributed by atoms with Crippen LogP contribution in [0.5, 0.6) is 11.5 Å². The summed E-state index contributed by atoms with van der Waals surface area (Å²) in [6, 6.07) is 5.68. The van der Waals surface area contributed by atoms with E-state index < -0.39 is 0 Å². The third-order valence-corrected chi connectivity index (χ3v) is 2.44. The number of unbranched alkanes of at least 4 members (excludes halogenated alkanes) is 1. The maximum Gasteiger partial charge on any atom is 0.308 e. The fraction of sp³-hybridized carbons (Fsp3) is 0.400. The Kier molecular flexibility index (Phi) is 5.98.